The van der Waals surface area contributed by atoms with Gasteiger partial charge in [-0.15, -0.1) is 0 Å². The largest absolute Gasteiger partial charge is 0.491 e. The van der Waals surface area contributed by atoms with Crippen LogP contribution in [-0.4, -0.2) is 39.6 Å². The molecule has 0 atom stereocenters. The lowest BCUT2D eigenvalue weighted by Gasteiger charge is -2.26. The monoisotopic (exact) mass is 424 g/mol. The normalized spacial score (nSPS) is 11.2. The zero-order chi connectivity index (χ0) is 22.7. The molecule has 0 spiro atoms. The quantitative estimate of drug-likeness (QED) is 0.277. The van der Waals surface area contributed by atoms with Crippen LogP contribution >= 0.6 is 0 Å². The Morgan fingerprint density at radius 2 is 1.00 bits per heavy atom. The van der Waals surface area contributed by atoms with E-state index in [1.165, 1.54) is 11.1 Å². The van der Waals surface area contributed by atoms with E-state index in [9.17, 15) is 0 Å². The van der Waals surface area contributed by atoms with Crippen molar-refractivity contribution in [2.75, 3.05) is 39.6 Å². The fourth-order valence-electron chi connectivity index (χ4n) is 3.03. The first-order chi connectivity index (χ1) is 14.8. The van der Waals surface area contributed by atoms with Crippen LogP contribution in [0.25, 0.3) is 0 Å². The first kappa shape index (κ1) is 24.7. The second-order valence-electron chi connectivity index (χ2n) is 8.39. The van der Waals surface area contributed by atoms with Gasteiger partial charge < -0.3 is 18.9 Å². The lowest BCUT2D eigenvalue weighted by atomic mass is 9.78. The van der Waals surface area contributed by atoms with E-state index in [0.717, 1.165) is 22.6 Å². The average molecular weight is 425 g/mol. The minimum Gasteiger partial charge on any atom is -0.491 e. The predicted molar refractivity (Wildman–Crippen MR) is 127 cm³/mol. The van der Waals surface area contributed by atoms with E-state index in [1.54, 1.807) is 0 Å². The lowest BCUT2D eigenvalue weighted by Crippen LogP contribution is -2.18. The van der Waals surface area contributed by atoms with Gasteiger partial charge in [-0.2, -0.15) is 0 Å². The standard InChI is InChI=1S/C27H36O4/c1-21(2)19-28-15-17-30-25-11-7-23(8-12-25)27(5,6)24-9-13-26(14-10-24)31-18-16-29-20-22(3)4/h7-14H,1,3,15-20H2,2,4-6H3. The fourth-order valence-corrected chi connectivity index (χ4v) is 3.03. The summed E-state index contributed by atoms with van der Waals surface area (Å²) >= 11 is 0. The highest BCUT2D eigenvalue weighted by Gasteiger charge is 2.23. The summed E-state index contributed by atoms with van der Waals surface area (Å²) in [5.74, 6) is 1.69. The van der Waals surface area contributed by atoms with E-state index in [1.807, 2.05) is 38.1 Å². The van der Waals surface area contributed by atoms with Gasteiger partial charge in [0.2, 0.25) is 0 Å². The van der Waals surface area contributed by atoms with Gasteiger partial charge in [0.05, 0.1) is 26.4 Å². The van der Waals surface area contributed by atoms with E-state index in [4.69, 9.17) is 18.9 Å². The Kier molecular flexibility index (Phi) is 9.83. The highest BCUT2D eigenvalue weighted by molar-refractivity contribution is 5.41. The van der Waals surface area contributed by atoms with E-state index < -0.39 is 0 Å². The molecular formula is C27H36O4. The molecule has 0 unspecified atom stereocenters. The van der Waals surface area contributed by atoms with Crippen LogP contribution < -0.4 is 9.47 Å². The molecular weight excluding hydrogens is 388 g/mol. The maximum atomic E-state index is 5.76. The van der Waals surface area contributed by atoms with Crippen LogP contribution in [0.3, 0.4) is 0 Å². The van der Waals surface area contributed by atoms with Crippen LogP contribution in [0.4, 0.5) is 0 Å². The molecule has 0 saturated carbocycles. The molecule has 0 N–H and O–H groups in total. The van der Waals surface area contributed by atoms with E-state index in [0.29, 0.717) is 39.6 Å². The zero-order valence-corrected chi connectivity index (χ0v) is 19.4. The summed E-state index contributed by atoms with van der Waals surface area (Å²) in [6.07, 6.45) is 0. The van der Waals surface area contributed by atoms with Crippen molar-refractivity contribution in [1.29, 1.82) is 0 Å². The molecule has 0 aliphatic heterocycles. The number of ether oxygens (including phenoxy) is 4. The Balaban J connectivity index is 1.86. The minimum atomic E-state index is -0.133. The third-order valence-electron chi connectivity index (χ3n) is 4.84. The van der Waals surface area contributed by atoms with Crippen molar-refractivity contribution in [2.45, 2.75) is 33.1 Å². The Morgan fingerprint density at radius 1 is 0.645 bits per heavy atom. The molecule has 0 bridgehead atoms. The van der Waals surface area contributed by atoms with Crippen LogP contribution in [-0.2, 0) is 14.9 Å². The first-order valence-electron chi connectivity index (χ1n) is 10.7. The van der Waals surface area contributed by atoms with Crippen LogP contribution in [0.15, 0.2) is 72.8 Å². The van der Waals surface area contributed by atoms with E-state index in [-0.39, 0.29) is 5.41 Å². The van der Waals surface area contributed by atoms with Crippen molar-refractivity contribution in [3.63, 3.8) is 0 Å². The van der Waals surface area contributed by atoms with Crippen molar-refractivity contribution in [3.05, 3.63) is 84.0 Å². The molecule has 0 aromatic heterocycles. The van der Waals surface area contributed by atoms with Crippen LogP contribution in [0.5, 0.6) is 11.5 Å². The molecule has 0 heterocycles. The highest BCUT2D eigenvalue weighted by Crippen LogP contribution is 2.33. The van der Waals surface area contributed by atoms with Crippen molar-refractivity contribution < 1.29 is 18.9 Å². The van der Waals surface area contributed by atoms with Crippen molar-refractivity contribution in [2.24, 2.45) is 0 Å². The first-order valence-corrected chi connectivity index (χ1v) is 10.7. The summed E-state index contributed by atoms with van der Waals surface area (Å²) in [5, 5.41) is 0. The maximum absolute atomic E-state index is 5.76. The molecule has 4 heteroatoms. The van der Waals surface area contributed by atoms with Crippen LogP contribution in [0.2, 0.25) is 0 Å². The van der Waals surface area contributed by atoms with E-state index in [2.05, 4.69) is 51.3 Å². The van der Waals surface area contributed by atoms with Gasteiger partial charge in [0.1, 0.15) is 24.7 Å². The topological polar surface area (TPSA) is 36.9 Å². The second kappa shape index (κ2) is 12.3. The van der Waals surface area contributed by atoms with Crippen molar-refractivity contribution in [3.8, 4) is 11.5 Å². The smallest absolute Gasteiger partial charge is 0.119 e. The van der Waals surface area contributed by atoms with Gasteiger partial charge in [-0.3, -0.25) is 0 Å². The third kappa shape index (κ3) is 8.60. The SMILES string of the molecule is C=C(C)COCCOc1ccc(C(C)(C)c2ccc(OCCOCC(=C)C)cc2)cc1. The summed E-state index contributed by atoms with van der Waals surface area (Å²) in [4.78, 5) is 0. The maximum Gasteiger partial charge on any atom is 0.119 e. The fraction of sp³-hybridized carbons (Fsp3) is 0.407. The van der Waals surface area contributed by atoms with E-state index >= 15 is 0 Å². The Bertz CT molecular complexity index is 750. The summed E-state index contributed by atoms with van der Waals surface area (Å²) in [5.41, 5.74) is 4.34. The lowest BCUT2D eigenvalue weighted by molar-refractivity contribution is 0.117. The number of rotatable bonds is 14. The summed E-state index contributed by atoms with van der Waals surface area (Å²) < 4.78 is 22.4. The Hall–Kier alpha value is -2.56. The Labute approximate surface area is 187 Å². The van der Waals surface area contributed by atoms with Gasteiger partial charge in [0.15, 0.2) is 0 Å². The molecule has 0 amide bonds. The summed E-state index contributed by atoms with van der Waals surface area (Å²) in [6, 6.07) is 16.5. The highest BCUT2D eigenvalue weighted by atomic mass is 16.5. The molecule has 0 aliphatic rings. The molecule has 2 rings (SSSR count). The molecule has 0 saturated heterocycles. The minimum absolute atomic E-state index is 0.133. The molecule has 0 fully saturated rings. The third-order valence-corrected chi connectivity index (χ3v) is 4.84. The van der Waals surface area contributed by atoms with Crippen molar-refractivity contribution in [1.82, 2.24) is 0 Å². The average Bonchev–Trinajstić information content (AvgIpc) is 2.73. The molecule has 4 nitrogen and oxygen atoms in total. The van der Waals surface area contributed by atoms with Crippen LogP contribution in [0, 0.1) is 0 Å². The summed E-state index contributed by atoms with van der Waals surface area (Å²) in [7, 11) is 0. The second-order valence-corrected chi connectivity index (χ2v) is 8.39. The summed E-state index contributed by atoms with van der Waals surface area (Å²) in [6.45, 7) is 19.3. The predicted octanol–water partition coefficient (Wildman–Crippen LogP) is 5.96. The molecule has 2 aromatic rings. The number of benzene rings is 2. The van der Waals surface area contributed by atoms with Crippen molar-refractivity contribution >= 4 is 0 Å². The molecule has 168 valence electrons. The van der Waals surface area contributed by atoms with Gasteiger partial charge in [-0.1, -0.05) is 62.4 Å². The van der Waals surface area contributed by atoms with Gasteiger partial charge in [0, 0.05) is 5.41 Å². The molecule has 31 heavy (non-hydrogen) atoms. The Morgan fingerprint density at radius 3 is 1.32 bits per heavy atom. The van der Waals surface area contributed by atoms with Crippen LogP contribution in [0.1, 0.15) is 38.8 Å². The van der Waals surface area contributed by atoms with Gasteiger partial charge in [0.25, 0.3) is 0 Å². The van der Waals surface area contributed by atoms with Gasteiger partial charge in [-0.05, 0) is 49.2 Å². The van der Waals surface area contributed by atoms with Gasteiger partial charge in [-0.25, -0.2) is 0 Å². The van der Waals surface area contributed by atoms with Gasteiger partial charge >= 0.3 is 0 Å². The number of hydrogen-bond donors (Lipinski definition) is 0. The molecule has 0 aliphatic carbocycles. The number of hydrogen-bond acceptors (Lipinski definition) is 4. The molecule has 2 aromatic carbocycles. The zero-order valence-electron chi connectivity index (χ0n) is 19.4. The molecule has 0 radical (unpaired) electrons.